The molecule has 0 saturated carbocycles. The minimum Gasteiger partial charge on any atom is -0.493 e. The number of H-pyrrole nitrogens is 1. The Hall–Kier alpha value is -4.05. The second-order valence-corrected chi connectivity index (χ2v) is 8.70. The van der Waals surface area contributed by atoms with Crippen LogP contribution in [0.25, 0.3) is 11.4 Å². The van der Waals surface area contributed by atoms with Crippen molar-refractivity contribution in [2.45, 2.75) is 19.4 Å². The Morgan fingerprint density at radius 1 is 1.11 bits per heavy atom. The number of aryl methyl sites for hydroxylation is 1. The predicted octanol–water partition coefficient (Wildman–Crippen LogP) is 2.82. The van der Waals surface area contributed by atoms with Gasteiger partial charge in [-0.2, -0.15) is 0 Å². The summed E-state index contributed by atoms with van der Waals surface area (Å²) in [5.74, 6) is 1.07. The fraction of sp³-hybridized carbons (Fsp3) is 0.333. The van der Waals surface area contributed by atoms with Crippen LogP contribution in [-0.4, -0.2) is 70.8 Å². The summed E-state index contributed by atoms with van der Waals surface area (Å²) >= 11 is 0. The fourth-order valence-corrected chi connectivity index (χ4v) is 4.12. The van der Waals surface area contributed by atoms with E-state index >= 15 is 0 Å². The molecule has 194 valence electrons. The third kappa shape index (κ3) is 6.79. The quantitative estimate of drug-likeness (QED) is 0.421. The molecule has 2 aromatic carbocycles. The van der Waals surface area contributed by atoms with Crippen LogP contribution in [0.5, 0.6) is 11.5 Å². The molecule has 0 atom stereocenters. The second kappa shape index (κ2) is 12.3. The van der Waals surface area contributed by atoms with Gasteiger partial charge in [-0.25, -0.2) is 4.39 Å². The van der Waals surface area contributed by atoms with Gasteiger partial charge in [0.15, 0.2) is 17.3 Å². The number of aromatic amines is 1. The molecule has 1 saturated heterocycles. The van der Waals surface area contributed by atoms with Crippen molar-refractivity contribution in [1.82, 2.24) is 25.0 Å². The normalized spacial score (nSPS) is 13.8. The number of halogens is 1. The van der Waals surface area contributed by atoms with Crippen LogP contribution < -0.4 is 15.0 Å². The largest absolute Gasteiger partial charge is 0.493 e. The Balaban J connectivity index is 1.30. The Morgan fingerprint density at radius 3 is 2.54 bits per heavy atom. The molecule has 1 N–H and O–H groups in total. The lowest BCUT2D eigenvalue weighted by Gasteiger charge is -2.34. The molecule has 0 radical (unpaired) electrons. The highest BCUT2D eigenvalue weighted by atomic mass is 19.1. The fourth-order valence-electron chi connectivity index (χ4n) is 4.12. The van der Waals surface area contributed by atoms with Crippen LogP contribution in [0.15, 0.2) is 59.9 Å². The van der Waals surface area contributed by atoms with E-state index in [1.165, 1.54) is 19.2 Å². The number of hydrogen-bond acceptors (Lipinski definition) is 7. The number of ether oxygens (including phenoxy) is 2. The van der Waals surface area contributed by atoms with Gasteiger partial charge in [0.2, 0.25) is 5.91 Å². The van der Waals surface area contributed by atoms with E-state index in [0.29, 0.717) is 42.6 Å². The van der Waals surface area contributed by atoms with Gasteiger partial charge in [-0.05, 0) is 35.9 Å². The van der Waals surface area contributed by atoms with E-state index in [1.54, 1.807) is 41.3 Å². The number of amides is 1. The van der Waals surface area contributed by atoms with Gasteiger partial charge in [0.05, 0.1) is 7.11 Å². The molecule has 1 aliphatic rings. The maximum absolute atomic E-state index is 13.1. The first-order valence-corrected chi connectivity index (χ1v) is 12.1. The summed E-state index contributed by atoms with van der Waals surface area (Å²) in [6.07, 6.45) is 2.02. The first-order valence-electron chi connectivity index (χ1n) is 12.1. The van der Waals surface area contributed by atoms with E-state index in [0.717, 1.165) is 25.2 Å². The summed E-state index contributed by atoms with van der Waals surface area (Å²) in [4.78, 5) is 32.1. The van der Waals surface area contributed by atoms with Crippen LogP contribution >= 0.6 is 0 Å². The molecule has 1 aliphatic heterocycles. The molecule has 4 rings (SSSR count). The Labute approximate surface area is 214 Å². The highest BCUT2D eigenvalue weighted by molar-refractivity contribution is 5.76. The van der Waals surface area contributed by atoms with Crippen LogP contribution in [0.2, 0.25) is 0 Å². The Morgan fingerprint density at radius 2 is 1.86 bits per heavy atom. The number of nitrogens with zero attached hydrogens (tertiary/aromatic N) is 4. The molecular formula is C27H30FN5O4. The zero-order valence-corrected chi connectivity index (χ0v) is 20.8. The van der Waals surface area contributed by atoms with Crippen molar-refractivity contribution < 1.29 is 18.7 Å². The number of carbonyl (C=O) groups excluding carboxylic acids is 1. The van der Waals surface area contributed by atoms with E-state index in [9.17, 15) is 14.0 Å². The van der Waals surface area contributed by atoms with E-state index in [1.807, 2.05) is 0 Å². The lowest BCUT2D eigenvalue weighted by atomic mass is 10.1. The first kappa shape index (κ1) is 26.0. The number of hydrogen-bond donors (Lipinski definition) is 1. The number of benzene rings is 2. The van der Waals surface area contributed by atoms with Gasteiger partial charge in [0.1, 0.15) is 18.1 Å². The molecule has 0 spiro atoms. The molecule has 1 aromatic heterocycles. The maximum Gasteiger partial charge on any atom is 0.273 e. The molecule has 9 nitrogen and oxygen atoms in total. The topological polar surface area (TPSA) is 101 Å². The average Bonchev–Trinajstić information content (AvgIpc) is 2.92. The molecule has 0 aliphatic carbocycles. The van der Waals surface area contributed by atoms with Crippen molar-refractivity contribution in [2.24, 2.45) is 0 Å². The molecule has 37 heavy (non-hydrogen) atoms. The van der Waals surface area contributed by atoms with E-state index in [2.05, 4.69) is 26.7 Å². The summed E-state index contributed by atoms with van der Waals surface area (Å²) in [7, 11) is 1.53. The standard InChI is InChI=1S/C27H30FN5O4/c1-3-16-37-23-10-6-20(17-24(23)36-2)26-29-27(35)22(30-31-26)9-11-25(34)33-14-12-32(13-15-33)18-19-4-7-21(28)8-5-19/h3-8,10,17H,1,9,11-16,18H2,2H3,(H,29,31,35). The summed E-state index contributed by atoms with van der Waals surface area (Å²) < 4.78 is 24.0. The third-order valence-corrected chi connectivity index (χ3v) is 6.18. The number of rotatable bonds is 10. The van der Waals surface area contributed by atoms with Gasteiger partial charge >= 0.3 is 0 Å². The van der Waals surface area contributed by atoms with E-state index in [-0.39, 0.29) is 35.8 Å². The molecule has 1 fully saturated rings. The summed E-state index contributed by atoms with van der Waals surface area (Å²) in [5, 5.41) is 8.23. The van der Waals surface area contributed by atoms with Crippen molar-refractivity contribution in [1.29, 1.82) is 0 Å². The number of methoxy groups -OCH3 is 1. The van der Waals surface area contributed by atoms with Crippen molar-refractivity contribution in [2.75, 3.05) is 39.9 Å². The number of piperazine rings is 1. The van der Waals surface area contributed by atoms with Gasteiger partial charge in [-0.15, -0.1) is 10.2 Å². The van der Waals surface area contributed by atoms with Crippen molar-refractivity contribution >= 4 is 5.91 Å². The monoisotopic (exact) mass is 507 g/mol. The predicted molar refractivity (Wildman–Crippen MR) is 137 cm³/mol. The van der Waals surface area contributed by atoms with Gasteiger partial charge in [0, 0.05) is 51.1 Å². The van der Waals surface area contributed by atoms with E-state index < -0.39 is 0 Å². The smallest absolute Gasteiger partial charge is 0.273 e. The van der Waals surface area contributed by atoms with Crippen LogP contribution in [0.3, 0.4) is 0 Å². The Kier molecular flexibility index (Phi) is 8.63. The van der Waals surface area contributed by atoms with Gasteiger partial charge in [-0.1, -0.05) is 24.8 Å². The number of nitrogens with one attached hydrogen (secondary N) is 1. The zero-order valence-electron chi connectivity index (χ0n) is 20.8. The lowest BCUT2D eigenvalue weighted by molar-refractivity contribution is -0.133. The molecular weight excluding hydrogens is 477 g/mol. The minimum absolute atomic E-state index is 0.0217. The Bertz CT molecular complexity index is 1290. The minimum atomic E-state index is -0.382. The van der Waals surface area contributed by atoms with Crippen LogP contribution in [0.1, 0.15) is 17.7 Å². The number of carbonyl (C=O) groups is 1. The maximum atomic E-state index is 13.1. The lowest BCUT2D eigenvalue weighted by Crippen LogP contribution is -2.48. The van der Waals surface area contributed by atoms with Crippen molar-refractivity contribution in [3.8, 4) is 22.9 Å². The molecule has 3 aromatic rings. The summed E-state index contributed by atoms with van der Waals surface area (Å²) in [6.45, 7) is 7.37. The van der Waals surface area contributed by atoms with Gasteiger partial charge in [-0.3, -0.25) is 14.5 Å². The molecule has 10 heteroatoms. The van der Waals surface area contributed by atoms with Crippen molar-refractivity contribution in [3.05, 3.63) is 82.5 Å². The molecule has 1 amide bonds. The number of aromatic nitrogens is 3. The van der Waals surface area contributed by atoms with Crippen molar-refractivity contribution in [3.63, 3.8) is 0 Å². The first-order chi connectivity index (χ1) is 18.0. The van der Waals surface area contributed by atoms with E-state index in [4.69, 9.17) is 9.47 Å². The van der Waals surface area contributed by atoms with Crippen LogP contribution in [-0.2, 0) is 17.8 Å². The third-order valence-electron chi connectivity index (χ3n) is 6.18. The SMILES string of the molecule is C=CCOc1ccc(-c2nnc(CCC(=O)N3CCN(Cc4ccc(F)cc4)CC3)c(=O)[nH]2)cc1OC. The summed E-state index contributed by atoms with van der Waals surface area (Å²) in [6, 6.07) is 11.7. The van der Waals surface area contributed by atoms with Gasteiger partial charge in [0.25, 0.3) is 5.56 Å². The molecule has 0 unspecified atom stereocenters. The van der Waals surface area contributed by atoms with Crippen LogP contribution in [0, 0.1) is 5.82 Å². The molecule has 0 bridgehead atoms. The summed E-state index contributed by atoms with van der Waals surface area (Å²) in [5.41, 5.74) is 1.49. The zero-order chi connectivity index (χ0) is 26.2. The highest BCUT2D eigenvalue weighted by Gasteiger charge is 2.21. The van der Waals surface area contributed by atoms with Gasteiger partial charge < -0.3 is 19.4 Å². The van der Waals surface area contributed by atoms with Crippen LogP contribution in [0.4, 0.5) is 4.39 Å². The molecule has 2 heterocycles. The highest BCUT2D eigenvalue weighted by Crippen LogP contribution is 2.31. The second-order valence-electron chi connectivity index (χ2n) is 8.70. The average molecular weight is 508 g/mol.